The Kier molecular flexibility index (Phi) is 1.12. The van der Waals surface area contributed by atoms with Gasteiger partial charge in [0.05, 0.1) is 0 Å². The Hall–Kier alpha value is -0.725. The topological polar surface area (TPSA) is 26.0 Å². The molecule has 1 aromatic heterocycles. The molecule has 1 aromatic rings. The van der Waals surface area contributed by atoms with E-state index in [0.29, 0.717) is 5.59 Å². The Balaban J connectivity index is 3.19. The lowest BCUT2D eigenvalue weighted by Crippen LogP contribution is -2.05. The molecule has 0 aliphatic rings. The molecule has 2 radical (unpaired) electrons. The number of rotatable bonds is 0. The summed E-state index contributed by atoms with van der Waals surface area (Å²) in [4.78, 5) is 0. The van der Waals surface area contributed by atoms with Gasteiger partial charge in [-0.2, -0.15) is 0 Å². The fourth-order valence-corrected chi connectivity index (χ4v) is 0.435. The molecule has 1 heterocycles. The monoisotopic (exact) mass is 107 g/mol. The molecule has 0 atom stereocenters. The summed E-state index contributed by atoms with van der Waals surface area (Å²) in [6, 6.07) is 0. The second-order valence-electron chi connectivity index (χ2n) is 1.75. The van der Waals surface area contributed by atoms with Crippen molar-refractivity contribution in [3.05, 3.63) is 11.3 Å². The van der Waals surface area contributed by atoms with Crippen LogP contribution in [0.25, 0.3) is 0 Å². The lowest BCUT2D eigenvalue weighted by molar-refractivity contribution is 0.401. The molecule has 0 unspecified atom stereocenters. The van der Waals surface area contributed by atoms with Crippen LogP contribution in [0.5, 0.6) is 0 Å². The Morgan fingerprint density at radius 1 is 1.50 bits per heavy atom. The van der Waals surface area contributed by atoms with Gasteiger partial charge in [-0.05, 0) is 13.8 Å². The molecule has 0 fully saturated rings. The number of nitrogens with zero attached hydrogens (tertiary/aromatic N) is 1. The van der Waals surface area contributed by atoms with Crippen molar-refractivity contribution in [1.29, 1.82) is 0 Å². The van der Waals surface area contributed by atoms with E-state index in [1.54, 1.807) is 0 Å². The van der Waals surface area contributed by atoms with Crippen LogP contribution in [0.4, 0.5) is 0 Å². The zero-order chi connectivity index (χ0) is 6.15. The maximum atomic E-state index is 5.34. The van der Waals surface area contributed by atoms with Gasteiger partial charge >= 0.3 is 0 Å². The normalized spacial score (nSPS) is 9.75. The van der Waals surface area contributed by atoms with Crippen molar-refractivity contribution < 1.29 is 4.52 Å². The van der Waals surface area contributed by atoms with E-state index in [1.807, 2.05) is 13.8 Å². The van der Waals surface area contributed by atoms with Crippen LogP contribution in [0.3, 0.4) is 0 Å². The van der Waals surface area contributed by atoms with E-state index in [2.05, 4.69) is 5.16 Å². The summed E-state index contributed by atoms with van der Waals surface area (Å²) in [6.07, 6.45) is 0. The molecule has 2 nitrogen and oxygen atoms in total. The Labute approximate surface area is 49.3 Å². The molecular weight excluding hydrogens is 101 g/mol. The van der Waals surface area contributed by atoms with Gasteiger partial charge in [-0.15, -0.1) is 0 Å². The summed E-state index contributed by atoms with van der Waals surface area (Å²) in [5, 5.41) is 3.52. The molecule has 0 amide bonds. The quantitative estimate of drug-likeness (QED) is 0.439. The second kappa shape index (κ2) is 1.65. The van der Waals surface area contributed by atoms with Crippen molar-refractivity contribution in [2.75, 3.05) is 0 Å². The minimum Gasteiger partial charge on any atom is -0.362 e. The van der Waals surface area contributed by atoms with Crippen LogP contribution in [0.15, 0.2) is 4.52 Å². The fourth-order valence-electron chi connectivity index (χ4n) is 0.435. The van der Waals surface area contributed by atoms with E-state index < -0.39 is 0 Å². The zero-order valence-electron chi connectivity index (χ0n) is 4.93. The molecule has 40 valence electrons. The number of hydrogen-bond donors (Lipinski definition) is 0. The first-order valence-corrected chi connectivity index (χ1v) is 2.40. The molecule has 0 aliphatic heterocycles. The Bertz CT molecular complexity index is 175. The smallest absolute Gasteiger partial charge is 0.147 e. The predicted octanol–water partition coefficient (Wildman–Crippen LogP) is 0.0852. The van der Waals surface area contributed by atoms with Crippen LogP contribution >= 0.6 is 0 Å². The summed E-state index contributed by atoms with van der Waals surface area (Å²) in [6.45, 7) is 3.71. The van der Waals surface area contributed by atoms with Gasteiger partial charge < -0.3 is 4.52 Å². The minimum atomic E-state index is 0.488. The first-order valence-electron chi connectivity index (χ1n) is 2.40. The van der Waals surface area contributed by atoms with Gasteiger partial charge in [0.25, 0.3) is 0 Å². The maximum Gasteiger partial charge on any atom is 0.147 e. The van der Waals surface area contributed by atoms with Gasteiger partial charge in [0.2, 0.25) is 0 Å². The first-order chi connectivity index (χ1) is 3.72. The van der Waals surface area contributed by atoms with Gasteiger partial charge in [0.1, 0.15) is 13.6 Å². The van der Waals surface area contributed by atoms with Crippen molar-refractivity contribution in [1.82, 2.24) is 5.16 Å². The van der Waals surface area contributed by atoms with Gasteiger partial charge in [-0.3, -0.25) is 0 Å². The van der Waals surface area contributed by atoms with Crippen LogP contribution < -0.4 is 5.59 Å². The van der Waals surface area contributed by atoms with Crippen molar-refractivity contribution in [3.63, 3.8) is 0 Å². The van der Waals surface area contributed by atoms with E-state index in [-0.39, 0.29) is 0 Å². The highest BCUT2D eigenvalue weighted by Crippen LogP contribution is 1.98. The van der Waals surface area contributed by atoms with E-state index in [0.717, 1.165) is 11.3 Å². The van der Waals surface area contributed by atoms with Gasteiger partial charge in [0.15, 0.2) is 0 Å². The van der Waals surface area contributed by atoms with Crippen LogP contribution in [-0.4, -0.2) is 13.0 Å². The minimum absolute atomic E-state index is 0.488. The molecule has 0 N–H and O–H groups in total. The van der Waals surface area contributed by atoms with Gasteiger partial charge in [-0.25, -0.2) is 0 Å². The molecule has 0 spiro atoms. The number of aryl methyl sites for hydroxylation is 1. The fraction of sp³-hybridized carbons (Fsp3) is 0.400. The summed E-state index contributed by atoms with van der Waals surface area (Å²) in [7, 11) is 5.34. The van der Waals surface area contributed by atoms with E-state index in [4.69, 9.17) is 12.4 Å². The molecule has 0 aliphatic carbocycles. The van der Waals surface area contributed by atoms with E-state index in [9.17, 15) is 0 Å². The van der Waals surface area contributed by atoms with Crippen molar-refractivity contribution in [2.45, 2.75) is 13.8 Å². The third-order valence-corrected chi connectivity index (χ3v) is 1.19. The van der Waals surface area contributed by atoms with Gasteiger partial charge in [0, 0.05) is 11.2 Å². The van der Waals surface area contributed by atoms with Gasteiger partial charge in [-0.1, -0.05) is 5.16 Å². The second-order valence-corrected chi connectivity index (χ2v) is 1.75. The highest BCUT2D eigenvalue weighted by Gasteiger charge is 1.99. The lowest BCUT2D eigenvalue weighted by Gasteiger charge is -1.80. The summed E-state index contributed by atoms with van der Waals surface area (Å²) >= 11 is 0. The van der Waals surface area contributed by atoms with Crippen LogP contribution in [0, 0.1) is 13.8 Å². The Morgan fingerprint density at radius 2 is 2.12 bits per heavy atom. The summed E-state index contributed by atoms with van der Waals surface area (Å²) < 4.78 is 4.72. The van der Waals surface area contributed by atoms with Crippen LogP contribution in [0.1, 0.15) is 11.3 Å². The van der Waals surface area contributed by atoms with Crippen molar-refractivity contribution in [2.24, 2.45) is 0 Å². The largest absolute Gasteiger partial charge is 0.362 e. The van der Waals surface area contributed by atoms with Crippen molar-refractivity contribution in [3.8, 4) is 0 Å². The van der Waals surface area contributed by atoms with Crippen molar-refractivity contribution >= 4 is 13.4 Å². The third-order valence-electron chi connectivity index (χ3n) is 1.19. The average molecular weight is 107 g/mol. The van der Waals surface area contributed by atoms with Crippen LogP contribution in [-0.2, 0) is 0 Å². The first kappa shape index (κ1) is 5.41. The number of aromatic nitrogens is 1. The molecule has 0 bridgehead atoms. The maximum absolute atomic E-state index is 5.34. The Morgan fingerprint density at radius 3 is 2.25 bits per heavy atom. The van der Waals surface area contributed by atoms with E-state index >= 15 is 0 Å². The molecular formula is C5H6BNO. The molecule has 0 saturated heterocycles. The summed E-state index contributed by atoms with van der Waals surface area (Å²) in [5.74, 6) is 0.794. The molecule has 0 saturated carbocycles. The molecule has 0 aromatic carbocycles. The highest BCUT2D eigenvalue weighted by atomic mass is 16.5. The van der Waals surface area contributed by atoms with E-state index in [1.165, 1.54) is 0 Å². The standard InChI is InChI=1S/C5H6BNO/c1-3-4(2)8-7-5(3)6/h1-2H3. The highest BCUT2D eigenvalue weighted by molar-refractivity contribution is 6.31. The summed E-state index contributed by atoms with van der Waals surface area (Å²) in [5.41, 5.74) is 1.42. The zero-order valence-corrected chi connectivity index (χ0v) is 4.93. The molecule has 1 rings (SSSR count). The lowest BCUT2D eigenvalue weighted by atomic mass is 10.00. The molecule has 3 heteroatoms. The average Bonchev–Trinajstić information content (AvgIpc) is 1.98. The molecule has 8 heavy (non-hydrogen) atoms. The number of hydrogen-bond acceptors (Lipinski definition) is 2. The SMILES string of the molecule is [B]c1noc(C)c1C. The van der Waals surface area contributed by atoms with Crippen LogP contribution in [0.2, 0.25) is 0 Å². The third kappa shape index (κ3) is 0.640. The predicted molar refractivity (Wildman–Crippen MR) is 31.4 cm³/mol.